The third-order valence-corrected chi connectivity index (χ3v) is 10.4. The predicted molar refractivity (Wildman–Crippen MR) is 118 cm³/mol. The molecule has 3 fully saturated rings. The van der Waals surface area contributed by atoms with Gasteiger partial charge in [0.1, 0.15) is 11.5 Å². The van der Waals surface area contributed by atoms with Crippen LogP contribution >= 0.6 is 0 Å². The van der Waals surface area contributed by atoms with Gasteiger partial charge in [0.25, 0.3) is 0 Å². The van der Waals surface area contributed by atoms with Crippen molar-refractivity contribution in [2.75, 3.05) is 7.11 Å². The number of hydrogen-bond donors (Lipinski definition) is 0. The van der Waals surface area contributed by atoms with Gasteiger partial charge >= 0.3 is 0 Å². The molecule has 0 N–H and O–H groups in total. The number of fused-ring (bicyclic) bond motifs is 7. The molecule has 0 heterocycles. The highest BCUT2D eigenvalue weighted by Crippen LogP contribution is 2.71. The van der Waals surface area contributed by atoms with Crippen molar-refractivity contribution in [1.29, 1.82) is 0 Å². The van der Waals surface area contributed by atoms with Crippen molar-refractivity contribution in [3.63, 3.8) is 0 Å². The second-order valence-corrected chi connectivity index (χ2v) is 12.0. The summed E-state index contributed by atoms with van der Waals surface area (Å²) in [5.74, 6) is 1.85. The Morgan fingerprint density at radius 1 is 0.933 bits per heavy atom. The van der Waals surface area contributed by atoms with Gasteiger partial charge in [-0.1, -0.05) is 34.1 Å². The van der Waals surface area contributed by atoms with Crippen molar-refractivity contribution in [2.45, 2.75) is 78.6 Å². The lowest BCUT2D eigenvalue weighted by molar-refractivity contribution is -0.175. The molecule has 30 heavy (non-hydrogen) atoms. The van der Waals surface area contributed by atoms with E-state index in [0.717, 1.165) is 23.3 Å². The quantitative estimate of drug-likeness (QED) is 0.573. The van der Waals surface area contributed by atoms with E-state index in [1.807, 2.05) is 25.1 Å². The van der Waals surface area contributed by atoms with Gasteiger partial charge in [-0.15, -0.1) is 0 Å². The lowest BCUT2D eigenvalue weighted by Gasteiger charge is -2.66. The molecule has 0 saturated heterocycles. The number of Topliss-reactive ketones (excluding diaryl/α,β-unsaturated/α-hetero) is 2. The van der Waals surface area contributed by atoms with E-state index in [0.29, 0.717) is 17.8 Å². The number of carbonyl (C=O) groups is 2. The van der Waals surface area contributed by atoms with Crippen LogP contribution in [-0.2, 0) is 10.2 Å². The minimum Gasteiger partial charge on any atom is -0.497 e. The predicted octanol–water partition coefficient (Wildman–Crippen LogP) is 5.99. The van der Waals surface area contributed by atoms with E-state index >= 15 is 0 Å². The number of hydrogen-bond acceptors (Lipinski definition) is 3. The Morgan fingerprint density at radius 2 is 1.67 bits per heavy atom. The molecule has 1 aromatic carbocycles. The second kappa shape index (κ2) is 5.99. The van der Waals surface area contributed by atoms with Crippen LogP contribution in [0.3, 0.4) is 0 Å². The highest BCUT2D eigenvalue weighted by Gasteiger charge is 2.70. The lowest BCUT2D eigenvalue weighted by Crippen LogP contribution is -2.64. The summed E-state index contributed by atoms with van der Waals surface area (Å²) in [6, 6.07) is 5.71. The van der Waals surface area contributed by atoms with Crippen LogP contribution in [0, 0.1) is 34.0 Å². The van der Waals surface area contributed by atoms with E-state index in [9.17, 15) is 9.59 Å². The Hall–Kier alpha value is -1.64. The summed E-state index contributed by atoms with van der Waals surface area (Å²) in [6.07, 6.45) is 6.52. The van der Waals surface area contributed by atoms with Crippen LogP contribution in [0.2, 0.25) is 0 Å². The third-order valence-electron chi connectivity index (χ3n) is 10.4. The summed E-state index contributed by atoms with van der Waals surface area (Å²) in [4.78, 5) is 27.7. The molecule has 6 atom stereocenters. The van der Waals surface area contributed by atoms with Crippen molar-refractivity contribution in [3.8, 4) is 5.75 Å². The van der Waals surface area contributed by atoms with Crippen LogP contribution in [0.4, 0.5) is 0 Å². The van der Waals surface area contributed by atoms with Gasteiger partial charge in [0.2, 0.25) is 0 Å². The van der Waals surface area contributed by atoms with Crippen LogP contribution in [-0.4, -0.2) is 18.7 Å². The van der Waals surface area contributed by atoms with Gasteiger partial charge in [-0.05, 0) is 84.5 Å². The summed E-state index contributed by atoms with van der Waals surface area (Å²) < 4.78 is 5.45. The maximum absolute atomic E-state index is 13.9. The number of ether oxygens (including phenoxy) is 1. The number of carbonyl (C=O) groups excluding carboxylic acids is 2. The number of ketones is 2. The highest BCUT2D eigenvalue weighted by molar-refractivity contribution is 6.12. The maximum Gasteiger partial charge on any atom is 0.168 e. The summed E-state index contributed by atoms with van der Waals surface area (Å²) in [6.45, 7) is 11.7. The first-order chi connectivity index (χ1) is 14.0. The molecule has 0 radical (unpaired) electrons. The Bertz CT molecular complexity index is 945. The summed E-state index contributed by atoms with van der Waals surface area (Å²) in [7, 11) is 1.64. The van der Waals surface area contributed by atoms with Gasteiger partial charge in [0.05, 0.1) is 12.5 Å². The zero-order valence-corrected chi connectivity index (χ0v) is 19.4. The van der Waals surface area contributed by atoms with Crippen LogP contribution < -0.4 is 4.74 Å². The molecule has 3 heteroatoms. The van der Waals surface area contributed by atoms with E-state index in [4.69, 9.17) is 4.74 Å². The molecule has 0 spiro atoms. The SMILES string of the molecule is COc1ccc2c(c1)[C@@]1(C)C(=O)C[C@H]3[C@@](C)(CC[C@H]4C(C)(C)CCC[C@]34C)[C@H]1C2=O. The number of benzene rings is 1. The van der Waals surface area contributed by atoms with E-state index in [-0.39, 0.29) is 34.2 Å². The molecule has 4 aliphatic rings. The Labute approximate surface area is 181 Å². The first-order valence-corrected chi connectivity index (χ1v) is 11.8. The molecule has 0 aliphatic heterocycles. The molecule has 5 rings (SSSR count). The van der Waals surface area contributed by atoms with Crippen molar-refractivity contribution in [2.24, 2.45) is 34.0 Å². The standard InChI is InChI=1S/C27H36O3/c1-24(2)11-7-12-25(3)19(24)10-13-26(4)20(25)15-21(28)27(5)18-14-16(30-6)8-9-17(18)22(29)23(26)27/h8-9,14,19-20,23H,7,10-13,15H2,1-6H3/t19-,20+,23+,25-,26+,27-/m0/s1. The van der Waals surface area contributed by atoms with E-state index in [1.165, 1.54) is 25.7 Å². The van der Waals surface area contributed by atoms with Crippen molar-refractivity contribution in [1.82, 2.24) is 0 Å². The van der Waals surface area contributed by atoms with Crippen molar-refractivity contribution < 1.29 is 14.3 Å². The van der Waals surface area contributed by atoms with Crippen molar-refractivity contribution in [3.05, 3.63) is 29.3 Å². The largest absolute Gasteiger partial charge is 0.497 e. The monoisotopic (exact) mass is 408 g/mol. The average Bonchev–Trinajstić information content (AvgIpc) is 2.92. The number of methoxy groups -OCH3 is 1. The second-order valence-electron chi connectivity index (χ2n) is 12.0. The molecular weight excluding hydrogens is 372 g/mol. The molecule has 162 valence electrons. The third kappa shape index (κ3) is 2.22. The highest BCUT2D eigenvalue weighted by atomic mass is 16.5. The van der Waals surface area contributed by atoms with Crippen LogP contribution in [0.15, 0.2) is 18.2 Å². The van der Waals surface area contributed by atoms with Crippen LogP contribution in [0.25, 0.3) is 0 Å². The van der Waals surface area contributed by atoms with Gasteiger partial charge in [-0.25, -0.2) is 0 Å². The Kier molecular flexibility index (Phi) is 4.04. The Balaban J connectivity index is 1.66. The lowest BCUT2D eigenvalue weighted by atomic mass is 9.37. The smallest absolute Gasteiger partial charge is 0.168 e. The molecule has 1 aromatic rings. The first-order valence-electron chi connectivity index (χ1n) is 11.8. The normalized spacial score (nSPS) is 44.0. The number of rotatable bonds is 1. The van der Waals surface area contributed by atoms with E-state index in [2.05, 4.69) is 27.7 Å². The van der Waals surface area contributed by atoms with Gasteiger partial charge < -0.3 is 4.74 Å². The van der Waals surface area contributed by atoms with Gasteiger partial charge in [0.15, 0.2) is 5.78 Å². The topological polar surface area (TPSA) is 43.4 Å². The molecule has 0 aromatic heterocycles. The van der Waals surface area contributed by atoms with Crippen molar-refractivity contribution >= 4 is 11.6 Å². The minimum atomic E-state index is -0.723. The molecule has 3 saturated carbocycles. The molecular formula is C27H36O3. The molecule has 0 bridgehead atoms. The van der Waals surface area contributed by atoms with Gasteiger partial charge in [-0.2, -0.15) is 0 Å². The minimum absolute atomic E-state index is 0.134. The first kappa shape index (κ1) is 20.3. The van der Waals surface area contributed by atoms with Gasteiger partial charge in [-0.3, -0.25) is 9.59 Å². The van der Waals surface area contributed by atoms with Crippen LogP contribution in [0.1, 0.15) is 89.1 Å². The fraction of sp³-hybridized carbons (Fsp3) is 0.704. The zero-order valence-electron chi connectivity index (χ0n) is 19.4. The molecule has 4 aliphatic carbocycles. The van der Waals surface area contributed by atoms with E-state index < -0.39 is 5.41 Å². The summed E-state index contributed by atoms with van der Waals surface area (Å²) in [5, 5.41) is 0. The van der Waals surface area contributed by atoms with Gasteiger partial charge in [0, 0.05) is 17.9 Å². The Morgan fingerprint density at radius 3 is 2.37 bits per heavy atom. The zero-order chi connectivity index (χ0) is 21.7. The molecule has 3 nitrogen and oxygen atoms in total. The molecule has 0 amide bonds. The average molecular weight is 409 g/mol. The van der Waals surface area contributed by atoms with E-state index in [1.54, 1.807) is 7.11 Å². The van der Waals surface area contributed by atoms with Crippen LogP contribution in [0.5, 0.6) is 5.75 Å². The fourth-order valence-electron chi connectivity index (χ4n) is 9.03. The fourth-order valence-corrected chi connectivity index (χ4v) is 9.03. The molecule has 0 unspecified atom stereocenters. The maximum atomic E-state index is 13.9. The summed E-state index contributed by atoms with van der Waals surface area (Å²) in [5.41, 5.74) is 1.24. The summed E-state index contributed by atoms with van der Waals surface area (Å²) >= 11 is 0.